The van der Waals surface area contributed by atoms with Crippen LogP contribution >= 0.6 is 0 Å². The van der Waals surface area contributed by atoms with E-state index in [4.69, 9.17) is 4.74 Å². The zero-order valence-corrected chi connectivity index (χ0v) is 14.9. The number of rotatable bonds is 3. The highest BCUT2D eigenvalue weighted by atomic mass is 16.5. The van der Waals surface area contributed by atoms with Gasteiger partial charge in [0.1, 0.15) is 5.75 Å². The van der Waals surface area contributed by atoms with Crippen molar-refractivity contribution in [2.75, 3.05) is 17.3 Å². The van der Waals surface area contributed by atoms with Crippen LogP contribution in [0.1, 0.15) is 25.0 Å². The SMILES string of the molecule is CCc1ccccc1NC(=O)C1(C)Oc2ccc(C)cc2N(C)C1=O. The van der Waals surface area contributed by atoms with Crippen LogP contribution in [0, 0.1) is 6.92 Å². The summed E-state index contributed by atoms with van der Waals surface area (Å²) in [6.07, 6.45) is 0.782. The van der Waals surface area contributed by atoms with Crippen molar-refractivity contribution < 1.29 is 14.3 Å². The van der Waals surface area contributed by atoms with Crippen LogP contribution in [0.5, 0.6) is 5.75 Å². The number of carbonyl (C=O) groups is 2. The van der Waals surface area contributed by atoms with Crippen molar-refractivity contribution in [2.24, 2.45) is 0 Å². The average molecular weight is 338 g/mol. The van der Waals surface area contributed by atoms with Crippen LogP contribution in [-0.4, -0.2) is 24.5 Å². The van der Waals surface area contributed by atoms with E-state index in [1.165, 1.54) is 11.8 Å². The molecule has 5 heteroatoms. The highest BCUT2D eigenvalue weighted by Crippen LogP contribution is 2.38. The molecule has 1 N–H and O–H groups in total. The van der Waals surface area contributed by atoms with Gasteiger partial charge in [0, 0.05) is 12.7 Å². The third-order valence-electron chi connectivity index (χ3n) is 4.58. The molecule has 1 aliphatic heterocycles. The molecule has 2 amide bonds. The van der Waals surface area contributed by atoms with Crippen molar-refractivity contribution in [2.45, 2.75) is 32.8 Å². The van der Waals surface area contributed by atoms with Gasteiger partial charge in [-0.05, 0) is 49.6 Å². The predicted octanol–water partition coefficient (Wildman–Crippen LogP) is 3.31. The Kier molecular flexibility index (Phi) is 4.25. The minimum absolute atomic E-state index is 0.392. The van der Waals surface area contributed by atoms with Gasteiger partial charge >= 0.3 is 0 Å². The standard InChI is InChI=1S/C20H22N2O3/c1-5-14-8-6-7-9-15(14)21-18(23)20(3)19(24)22(4)16-12-13(2)10-11-17(16)25-20/h6-12H,5H2,1-4H3,(H,21,23). The minimum Gasteiger partial charge on any atom is -0.465 e. The molecule has 1 unspecified atom stereocenters. The summed E-state index contributed by atoms with van der Waals surface area (Å²) in [7, 11) is 1.66. The summed E-state index contributed by atoms with van der Waals surface area (Å²) in [5.41, 5.74) is 1.78. The first-order valence-corrected chi connectivity index (χ1v) is 8.34. The monoisotopic (exact) mass is 338 g/mol. The normalized spacial score (nSPS) is 19.2. The van der Waals surface area contributed by atoms with E-state index in [1.807, 2.05) is 50.2 Å². The van der Waals surface area contributed by atoms with Crippen LogP contribution < -0.4 is 15.0 Å². The molecule has 1 aliphatic rings. The topological polar surface area (TPSA) is 58.6 Å². The smallest absolute Gasteiger partial charge is 0.280 e. The maximum absolute atomic E-state index is 12.9. The number of para-hydroxylation sites is 1. The van der Waals surface area contributed by atoms with Crippen molar-refractivity contribution in [3.8, 4) is 5.75 Å². The number of nitrogens with one attached hydrogen (secondary N) is 1. The van der Waals surface area contributed by atoms with Crippen LogP contribution in [0.4, 0.5) is 11.4 Å². The zero-order valence-electron chi connectivity index (χ0n) is 14.9. The number of hydrogen-bond donors (Lipinski definition) is 1. The van der Waals surface area contributed by atoms with Crippen LogP contribution in [0.3, 0.4) is 0 Å². The molecule has 2 aromatic carbocycles. The summed E-state index contributed by atoms with van der Waals surface area (Å²) in [6.45, 7) is 5.47. The van der Waals surface area contributed by atoms with Gasteiger partial charge in [0.05, 0.1) is 5.69 Å². The molecule has 0 radical (unpaired) electrons. The van der Waals surface area contributed by atoms with Gasteiger partial charge in [0.15, 0.2) is 0 Å². The molecule has 0 spiro atoms. The fourth-order valence-corrected chi connectivity index (χ4v) is 3.00. The van der Waals surface area contributed by atoms with Crippen LogP contribution in [0.2, 0.25) is 0 Å². The summed E-state index contributed by atoms with van der Waals surface area (Å²) in [6, 6.07) is 13.1. The van der Waals surface area contributed by atoms with Crippen molar-refractivity contribution in [3.05, 3.63) is 53.6 Å². The number of aryl methyl sites for hydroxylation is 2. The number of anilines is 2. The van der Waals surface area contributed by atoms with E-state index in [9.17, 15) is 9.59 Å². The van der Waals surface area contributed by atoms with E-state index in [2.05, 4.69) is 5.32 Å². The summed E-state index contributed by atoms with van der Waals surface area (Å²) in [4.78, 5) is 27.2. The van der Waals surface area contributed by atoms with E-state index in [-0.39, 0.29) is 0 Å². The number of fused-ring (bicyclic) bond motifs is 1. The van der Waals surface area contributed by atoms with Crippen LogP contribution in [-0.2, 0) is 16.0 Å². The lowest BCUT2D eigenvalue weighted by Gasteiger charge is -2.38. The van der Waals surface area contributed by atoms with E-state index < -0.39 is 17.4 Å². The molecule has 0 saturated carbocycles. The Morgan fingerprint density at radius 3 is 2.68 bits per heavy atom. The fraction of sp³-hybridized carbons (Fsp3) is 0.300. The molecule has 0 saturated heterocycles. The van der Waals surface area contributed by atoms with Gasteiger partial charge in [-0.1, -0.05) is 31.2 Å². The Hall–Kier alpha value is -2.82. The first-order chi connectivity index (χ1) is 11.9. The molecule has 5 nitrogen and oxygen atoms in total. The molecule has 3 rings (SSSR count). The van der Waals surface area contributed by atoms with Gasteiger partial charge in [0.2, 0.25) is 0 Å². The fourth-order valence-electron chi connectivity index (χ4n) is 3.00. The van der Waals surface area contributed by atoms with Gasteiger partial charge < -0.3 is 15.0 Å². The minimum atomic E-state index is -1.61. The van der Waals surface area contributed by atoms with Crippen molar-refractivity contribution >= 4 is 23.2 Å². The van der Waals surface area contributed by atoms with E-state index in [1.54, 1.807) is 13.1 Å². The Morgan fingerprint density at radius 2 is 1.96 bits per heavy atom. The Morgan fingerprint density at radius 1 is 1.24 bits per heavy atom. The van der Waals surface area contributed by atoms with Crippen LogP contribution in [0.15, 0.2) is 42.5 Å². The van der Waals surface area contributed by atoms with Gasteiger partial charge in [-0.15, -0.1) is 0 Å². The Bertz CT molecular complexity index is 847. The second kappa shape index (κ2) is 6.24. The first-order valence-electron chi connectivity index (χ1n) is 8.34. The highest BCUT2D eigenvalue weighted by Gasteiger charge is 2.49. The van der Waals surface area contributed by atoms with E-state index >= 15 is 0 Å². The number of benzene rings is 2. The summed E-state index contributed by atoms with van der Waals surface area (Å²) in [5.74, 6) is -0.345. The maximum atomic E-state index is 12.9. The van der Waals surface area contributed by atoms with Gasteiger partial charge in [-0.25, -0.2) is 0 Å². The highest BCUT2D eigenvalue weighted by molar-refractivity contribution is 6.19. The number of ether oxygens (including phenoxy) is 1. The number of hydrogen-bond acceptors (Lipinski definition) is 3. The maximum Gasteiger partial charge on any atom is 0.280 e. The molecule has 130 valence electrons. The number of amides is 2. The van der Waals surface area contributed by atoms with Crippen LogP contribution in [0.25, 0.3) is 0 Å². The Labute approximate surface area is 147 Å². The molecule has 1 atom stereocenters. The molecule has 25 heavy (non-hydrogen) atoms. The lowest BCUT2D eigenvalue weighted by atomic mass is 9.99. The average Bonchev–Trinajstić information content (AvgIpc) is 2.61. The molecule has 1 heterocycles. The van der Waals surface area contributed by atoms with Gasteiger partial charge in [0.25, 0.3) is 17.4 Å². The second-order valence-electron chi connectivity index (χ2n) is 6.44. The molecule has 0 bridgehead atoms. The van der Waals surface area contributed by atoms with Crippen molar-refractivity contribution in [3.63, 3.8) is 0 Å². The largest absolute Gasteiger partial charge is 0.465 e. The van der Waals surface area contributed by atoms with Gasteiger partial charge in [-0.3, -0.25) is 9.59 Å². The molecule has 0 aromatic heterocycles. The molecular formula is C20H22N2O3. The van der Waals surface area contributed by atoms with Gasteiger partial charge in [-0.2, -0.15) is 0 Å². The summed E-state index contributed by atoms with van der Waals surface area (Å²) >= 11 is 0. The van der Waals surface area contributed by atoms with Crippen molar-refractivity contribution in [1.82, 2.24) is 0 Å². The number of nitrogens with zero attached hydrogens (tertiary/aromatic N) is 1. The first kappa shape index (κ1) is 17.0. The third kappa shape index (κ3) is 2.86. The third-order valence-corrected chi connectivity index (χ3v) is 4.58. The summed E-state index contributed by atoms with van der Waals surface area (Å²) in [5, 5.41) is 2.85. The second-order valence-corrected chi connectivity index (χ2v) is 6.44. The lowest BCUT2D eigenvalue weighted by molar-refractivity contribution is -0.144. The van der Waals surface area contributed by atoms with E-state index in [0.29, 0.717) is 17.1 Å². The molecule has 0 aliphatic carbocycles. The predicted molar refractivity (Wildman–Crippen MR) is 98.1 cm³/mol. The number of likely N-dealkylation sites (N-methyl/N-ethyl adjacent to an activating group) is 1. The van der Waals surface area contributed by atoms with E-state index in [0.717, 1.165) is 17.5 Å². The summed E-state index contributed by atoms with van der Waals surface area (Å²) < 4.78 is 5.86. The number of carbonyl (C=O) groups excluding carboxylic acids is 2. The molecule has 2 aromatic rings. The zero-order chi connectivity index (χ0) is 18.2. The molecule has 0 fully saturated rings. The molecular weight excluding hydrogens is 316 g/mol. The van der Waals surface area contributed by atoms with Crippen molar-refractivity contribution in [1.29, 1.82) is 0 Å². The quantitative estimate of drug-likeness (QED) is 0.874. The Balaban J connectivity index is 1.94. The lowest BCUT2D eigenvalue weighted by Crippen LogP contribution is -2.59.